The lowest BCUT2D eigenvalue weighted by Gasteiger charge is -2.35. The Morgan fingerprint density at radius 2 is 1.88 bits per heavy atom. The zero-order valence-corrected chi connectivity index (χ0v) is 15.7. The van der Waals surface area contributed by atoms with E-state index in [0.29, 0.717) is 13.0 Å². The molecule has 0 radical (unpaired) electrons. The second kappa shape index (κ2) is 7.33. The summed E-state index contributed by atoms with van der Waals surface area (Å²) in [6.45, 7) is 7.85. The number of likely N-dealkylation sites (tertiary alicyclic amines) is 1. The van der Waals surface area contributed by atoms with Crippen LogP contribution in [0.1, 0.15) is 72.6 Å². The van der Waals surface area contributed by atoms with Gasteiger partial charge in [-0.3, -0.25) is 0 Å². The molecule has 1 aliphatic carbocycles. The lowest BCUT2D eigenvalue weighted by molar-refractivity contribution is -0.168. The van der Waals surface area contributed by atoms with Crippen molar-refractivity contribution in [1.82, 2.24) is 10.2 Å². The van der Waals surface area contributed by atoms with Gasteiger partial charge in [0.15, 0.2) is 0 Å². The summed E-state index contributed by atoms with van der Waals surface area (Å²) < 4.78 is 44.9. The summed E-state index contributed by atoms with van der Waals surface area (Å²) in [6, 6.07) is -0.388. The van der Waals surface area contributed by atoms with Crippen LogP contribution in [0.2, 0.25) is 0 Å². The molecule has 1 heterocycles. The minimum absolute atomic E-state index is 0.0797. The predicted octanol–water partition coefficient (Wildman–Crippen LogP) is 4.63. The Morgan fingerprint density at radius 1 is 1.24 bits per heavy atom. The van der Waals surface area contributed by atoms with Crippen molar-refractivity contribution in [2.45, 2.75) is 102 Å². The van der Waals surface area contributed by atoms with E-state index in [0.717, 1.165) is 25.7 Å². The van der Waals surface area contributed by atoms with Crippen molar-refractivity contribution >= 4 is 6.09 Å². The number of nitrogens with one attached hydrogen (secondary N) is 1. The largest absolute Gasteiger partial charge is 0.444 e. The van der Waals surface area contributed by atoms with Crippen LogP contribution in [-0.4, -0.2) is 46.9 Å². The molecule has 7 heteroatoms. The highest BCUT2D eigenvalue weighted by molar-refractivity contribution is 5.68. The van der Waals surface area contributed by atoms with Gasteiger partial charge in [-0.05, 0) is 59.8 Å². The van der Waals surface area contributed by atoms with Crippen molar-refractivity contribution in [3.05, 3.63) is 0 Å². The Balaban J connectivity index is 2.00. The van der Waals surface area contributed by atoms with Crippen molar-refractivity contribution in [2.24, 2.45) is 0 Å². The summed E-state index contributed by atoms with van der Waals surface area (Å²) >= 11 is 0. The molecule has 1 aliphatic heterocycles. The van der Waals surface area contributed by atoms with E-state index < -0.39 is 17.3 Å². The molecule has 2 unspecified atom stereocenters. The molecule has 1 saturated carbocycles. The minimum atomic E-state index is -4.21. The molecule has 2 rings (SSSR count). The minimum Gasteiger partial charge on any atom is -0.444 e. The van der Waals surface area contributed by atoms with Crippen LogP contribution in [0.3, 0.4) is 0 Å². The molecule has 0 aromatic carbocycles. The van der Waals surface area contributed by atoms with Crippen LogP contribution in [0.4, 0.5) is 18.0 Å². The molecule has 1 saturated heterocycles. The summed E-state index contributed by atoms with van der Waals surface area (Å²) in [7, 11) is 0. The lowest BCUT2D eigenvalue weighted by Crippen LogP contribution is -2.51. The molecule has 1 N–H and O–H groups in total. The standard InChI is InChI=1S/C18H31F3N2O2/c1-13(22-17(9-10-17)18(19,20)21)12-14-8-6-5-7-11-23(14)15(24)25-16(2,3)4/h13-14,22H,5-12H2,1-4H3. The Bertz CT molecular complexity index is 470. The van der Waals surface area contributed by atoms with Crippen LogP contribution in [0, 0.1) is 0 Å². The van der Waals surface area contributed by atoms with Crippen LogP contribution < -0.4 is 5.32 Å². The number of carbonyl (C=O) groups is 1. The van der Waals surface area contributed by atoms with Gasteiger partial charge in [-0.2, -0.15) is 13.2 Å². The molecule has 4 nitrogen and oxygen atoms in total. The van der Waals surface area contributed by atoms with Crippen molar-refractivity contribution in [1.29, 1.82) is 0 Å². The summed E-state index contributed by atoms with van der Waals surface area (Å²) in [5.74, 6) is 0. The Hall–Kier alpha value is -0.980. The van der Waals surface area contributed by atoms with Gasteiger partial charge in [0.1, 0.15) is 11.1 Å². The zero-order chi connectivity index (χ0) is 18.9. The van der Waals surface area contributed by atoms with Crippen molar-refractivity contribution in [3.8, 4) is 0 Å². The molecule has 0 aromatic heterocycles. The number of hydrogen-bond donors (Lipinski definition) is 1. The fourth-order valence-corrected chi connectivity index (χ4v) is 3.56. The van der Waals surface area contributed by atoms with Crippen molar-refractivity contribution in [3.63, 3.8) is 0 Å². The first-order chi connectivity index (χ1) is 11.4. The second-order valence-electron chi connectivity index (χ2n) is 8.54. The first-order valence-electron chi connectivity index (χ1n) is 9.28. The summed E-state index contributed by atoms with van der Waals surface area (Å²) in [5, 5.41) is 2.78. The Kier molecular flexibility index (Phi) is 5.96. The maximum absolute atomic E-state index is 13.1. The quantitative estimate of drug-likeness (QED) is 0.791. The maximum Gasteiger partial charge on any atom is 0.410 e. The molecule has 2 fully saturated rings. The average molecular weight is 364 g/mol. The number of halogens is 3. The van der Waals surface area contributed by atoms with Gasteiger partial charge in [0, 0.05) is 18.6 Å². The highest BCUT2D eigenvalue weighted by Crippen LogP contribution is 2.49. The van der Waals surface area contributed by atoms with Crippen LogP contribution in [0.25, 0.3) is 0 Å². The summed E-state index contributed by atoms with van der Waals surface area (Å²) in [6.07, 6.45) is -0.0436. The van der Waals surface area contributed by atoms with Gasteiger partial charge in [0.05, 0.1) is 0 Å². The molecule has 0 spiro atoms. The topological polar surface area (TPSA) is 41.6 Å². The molecule has 0 bridgehead atoms. The Labute approximate surface area is 148 Å². The predicted molar refractivity (Wildman–Crippen MR) is 90.4 cm³/mol. The van der Waals surface area contributed by atoms with E-state index in [4.69, 9.17) is 4.74 Å². The number of ether oxygens (including phenoxy) is 1. The second-order valence-corrected chi connectivity index (χ2v) is 8.54. The molecule has 2 aliphatic rings. The number of alkyl halides is 3. The molecular formula is C18H31F3N2O2. The number of nitrogens with zero attached hydrogens (tertiary/aromatic N) is 1. The molecule has 0 aromatic rings. The molecule has 146 valence electrons. The smallest absolute Gasteiger partial charge is 0.410 e. The first-order valence-corrected chi connectivity index (χ1v) is 9.28. The molecule has 1 amide bonds. The van der Waals surface area contributed by atoms with E-state index in [2.05, 4.69) is 5.32 Å². The number of amides is 1. The van der Waals surface area contributed by atoms with E-state index >= 15 is 0 Å². The average Bonchev–Trinajstić information content (AvgIpc) is 3.21. The monoisotopic (exact) mass is 364 g/mol. The zero-order valence-electron chi connectivity index (χ0n) is 15.7. The molecular weight excluding hydrogens is 333 g/mol. The van der Waals surface area contributed by atoms with E-state index in [-0.39, 0.29) is 31.0 Å². The third kappa shape index (κ3) is 5.50. The molecule has 25 heavy (non-hydrogen) atoms. The fraction of sp³-hybridized carbons (Fsp3) is 0.944. The van der Waals surface area contributed by atoms with E-state index in [1.165, 1.54) is 0 Å². The lowest BCUT2D eigenvalue weighted by atomic mass is 10.0. The van der Waals surface area contributed by atoms with Gasteiger partial charge in [0.2, 0.25) is 0 Å². The molecule has 2 atom stereocenters. The SMILES string of the molecule is CC(CC1CCCCCN1C(=O)OC(C)(C)C)NC1(C(F)(F)F)CC1. The van der Waals surface area contributed by atoms with E-state index in [1.54, 1.807) is 11.8 Å². The number of rotatable bonds is 4. The van der Waals surface area contributed by atoms with Gasteiger partial charge in [-0.25, -0.2) is 4.79 Å². The number of carbonyl (C=O) groups excluding carboxylic acids is 1. The first kappa shape index (κ1) is 20.3. The van der Waals surface area contributed by atoms with Gasteiger partial charge in [-0.15, -0.1) is 0 Å². The number of hydrogen-bond acceptors (Lipinski definition) is 3. The van der Waals surface area contributed by atoms with Crippen LogP contribution in [0.5, 0.6) is 0 Å². The third-order valence-corrected chi connectivity index (χ3v) is 4.95. The summed E-state index contributed by atoms with van der Waals surface area (Å²) in [4.78, 5) is 14.2. The highest BCUT2D eigenvalue weighted by Gasteiger charge is 2.63. The van der Waals surface area contributed by atoms with Crippen molar-refractivity contribution < 1.29 is 22.7 Å². The van der Waals surface area contributed by atoms with Gasteiger partial charge >= 0.3 is 12.3 Å². The third-order valence-electron chi connectivity index (χ3n) is 4.95. The van der Waals surface area contributed by atoms with Crippen LogP contribution >= 0.6 is 0 Å². The fourth-order valence-electron chi connectivity index (χ4n) is 3.56. The van der Waals surface area contributed by atoms with Gasteiger partial charge in [0.25, 0.3) is 0 Å². The Morgan fingerprint density at radius 3 is 2.40 bits per heavy atom. The summed E-state index contributed by atoms with van der Waals surface area (Å²) in [5.41, 5.74) is -2.29. The van der Waals surface area contributed by atoms with Crippen molar-refractivity contribution in [2.75, 3.05) is 6.54 Å². The maximum atomic E-state index is 13.1. The normalized spacial score (nSPS) is 25.2. The van der Waals surface area contributed by atoms with Crippen LogP contribution in [0.15, 0.2) is 0 Å². The van der Waals surface area contributed by atoms with E-state index in [9.17, 15) is 18.0 Å². The highest BCUT2D eigenvalue weighted by atomic mass is 19.4. The van der Waals surface area contributed by atoms with Crippen LogP contribution in [-0.2, 0) is 4.74 Å². The van der Waals surface area contributed by atoms with Gasteiger partial charge in [-0.1, -0.05) is 12.8 Å². The van der Waals surface area contributed by atoms with E-state index in [1.807, 2.05) is 20.8 Å². The van der Waals surface area contributed by atoms with Gasteiger partial charge < -0.3 is 15.0 Å².